The molecule has 0 heterocycles. The average Bonchev–Trinajstić information content (AvgIpc) is 1.41. The summed E-state index contributed by atoms with van der Waals surface area (Å²) in [6, 6.07) is 0. The Labute approximate surface area is 32.0 Å². The van der Waals surface area contributed by atoms with Crippen molar-refractivity contribution in [3.8, 4) is 0 Å². The summed E-state index contributed by atoms with van der Waals surface area (Å²) >= 11 is 0. The average molecular weight is 92.0 g/mol. The molecule has 0 saturated heterocycles. The number of hydrogen-bond donors (Lipinski definition) is 0. The molecule has 6 heteroatoms. The maximum atomic E-state index is 8.25. The van der Waals surface area contributed by atoms with Gasteiger partial charge in [-0.25, -0.2) is 0 Å². The molecular formula is N2O4. The first-order valence-electron chi connectivity index (χ1n) is 0.730. The van der Waals surface area contributed by atoms with Gasteiger partial charge in [-0.3, -0.25) is 0 Å². The first-order valence-corrected chi connectivity index (χ1v) is 0.730. The van der Waals surface area contributed by atoms with Crippen LogP contribution in [0.3, 0.4) is 0 Å². The van der Waals surface area contributed by atoms with E-state index in [-0.39, 0.29) is 0 Å². The standard InChI is InChI=1S/NO3.NO/c2-1(3)4;1-2/q-1;+1. The second-order valence-corrected chi connectivity index (χ2v) is 0.224. The van der Waals surface area contributed by atoms with E-state index in [1.54, 1.807) is 0 Å². The SMILES string of the molecule is N#[O+].O=[N+]([O-])[O-]. The molecule has 34 valence electrons. The molecule has 0 N–H and O–H groups in total. The van der Waals surface area contributed by atoms with Crippen LogP contribution in [0.4, 0.5) is 0 Å². The van der Waals surface area contributed by atoms with Crippen LogP contribution < -0.4 is 0 Å². The van der Waals surface area contributed by atoms with Crippen LogP contribution in [0.15, 0.2) is 0 Å². The Morgan fingerprint density at radius 2 is 1.50 bits per heavy atom. The summed E-state index contributed by atoms with van der Waals surface area (Å²) in [7, 11) is 0. The van der Waals surface area contributed by atoms with Crippen LogP contribution in [0.1, 0.15) is 0 Å². The molecule has 0 aliphatic carbocycles. The zero-order valence-corrected chi connectivity index (χ0v) is 2.53. The molecule has 6 heavy (non-hydrogen) atoms. The fourth-order valence-electron chi connectivity index (χ4n) is 0. The van der Waals surface area contributed by atoms with Gasteiger partial charge in [-0.2, -0.15) is 0 Å². The summed E-state index contributed by atoms with van der Waals surface area (Å²) in [4.78, 5) is 8.25. The molecular weight excluding hydrogens is 92.0 g/mol. The molecule has 0 bridgehead atoms. The Morgan fingerprint density at radius 3 is 1.50 bits per heavy atom. The van der Waals surface area contributed by atoms with Gasteiger partial charge >= 0.3 is 10.2 Å². The van der Waals surface area contributed by atoms with Gasteiger partial charge in [-0.05, 0) is 0 Å². The maximum absolute atomic E-state index is 8.25. The maximum Gasteiger partial charge on any atom is 0.0689 e. The van der Waals surface area contributed by atoms with Crippen molar-refractivity contribution in [1.29, 1.82) is 5.46 Å². The molecule has 0 aliphatic rings. The minimum Gasteiger partial charge on any atom is -0.356 e. The predicted octanol–water partition coefficient (Wildman–Crippen LogP) is -0.343. The third-order valence-corrected chi connectivity index (χ3v) is 0. The van der Waals surface area contributed by atoms with Crippen LogP contribution in [-0.2, 0) is 4.77 Å². The van der Waals surface area contributed by atoms with Crippen molar-refractivity contribution in [2.75, 3.05) is 0 Å². The summed E-state index contributed by atoms with van der Waals surface area (Å²) in [6.45, 7) is 0. The van der Waals surface area contributed by atoms with Crippen molar-refractivity contribution in [3.05, 3.63) is 15.3 Å². The first kappa shape index (κ1) is 8.85. The fourth-order valence-corrected chi connectivity index (χ4v) is 0. The number of nitrogens with zero attached hydrogens (tertiary/aromatic N) is 2. The second-order valence-electron chi connectivity index (χ2n) is 0.224. The topological polar surface area (TPSA) is 110 Å². The minimum atomic E-state index is -1.75. The van der Waals surface area contributed by atoms with Crippen molar-refractivity contribution in [2.45, 2.75) is 0 Å². The molecule has 0 unspecified atom stereocenters. The Hall–Kier alpha value is -1.13. The van der Waals surface area contributed by atoms with Crippen molar-refractivity contribution in [3.63, 3.8) is 0 Å². The molecule has 0 amide bonds. The summed E-state index contributed by atoms with van der Waals surface area (Å²) in [5.74, 6) is 0. The molecule has 0 spiro atoms. The van der Waals surface area contributed by atoms with E-state index in [0.717, 1.165) is 0 Å². The van der Waals surface area contributed by atoms with E-state index in [0.29, 0.717) is 0 Å². The van der Waals surface area contributed by atoms with E-state index in [4.69, 9.17) is 25.6 Å². The van der Waals surface area contributed by atoms with Crippen LogP contribution in [0.25, 0.3) is 0 Å². The molecule has 0 aromatic rings. The minimum absolute atomic E-state index is 1.75. The van der Waals surface area contributed by atoms with Crippen molar-refractivity contribution < 1.29 is 9.86 Å². The van der Waals surface area contributed by atoms with Gasteiger partial charge in [0.15, 0.2) is 0 Å². The third-order valence-electron chi connectivity index (χ3n) is 0. The van der Waals surface area contributed by atoms with E-state index in [2.05, 4.69) is 0 Å². The van der Waals surface area contributed by atoms with Crippen LogP contribution in [0.2, 0.25) is 0 Å². The number of hydrogen-bond acceptors (Lipinski definition) is 4. The van der Waals surface area contributed by atoms with E-state index in [9.17, 15) is 0 Å². The molecule has 0 rings (SSSR count). The predicted molar refractivity (Wildman–Crippen MR) is 12.8 cm³/mol. The van der Waals surface area contributed by atoms with Crippen LogP contribution >= 0.6 is 0 Å². The summed E-state index contributed by atoms with van der Waals surface area (Å²) in [5, 5.41) is 14.8. The van der Waals surface area contributed by atoms with Gasteiger partial charge in [0.2, 0.25) is 0 Å². The molecule has 0 fully saturated rings. The number of rotatable bonds is 0. The fraction of sp³-hybridized carbons (Fsp3) is 0. The van der Waals surface area contributed by atoms with Gasteiger partial charge in [0.1, 0.15) is 0 Å². The first-order chi connectivity index (χ1) is 2.73. The van der Waals surface area contributed by atoms with E-state index in [1.807, 2.05) is 0 Å². The van der Waals surface area contributed by atoms with E-state index >= 15 is 0 Å². The summed E-state index contributed by atoms with van der Waals surface area (Å²) in [6.07, 6.45) is 0. The zero-order valence-electron chi connectivity index (χ0n) is 2.53. The Bertz CT molecular complexity index is 49.8. The second kappa shape index (κ2) is 9.12. The quantitative estimate of drug-likeness (QED) is 0.231. The van der Waals surface area contributed by atoms with Gasteiger partial charge < -0.3 is 15.3 Å². The van der Waals surface area contributed by atoms with E-state index < -0.39 is 5.09 Å². The van der Waals surface area contributed by atoms with Gasteiger partial charge in [0, 0.05) is 0 Å². The van der Waals surface area contributed by atoms with Crippen molar-refractivity contribution in [1.82, 2.24) is 0 Å². The van der Waals surface area contributed by atoms with Crippen molar-refractivity contribution >= 4 is 0 Å². The van der Waals surface area contributed by atoms with Gasteiger partial charge in [-0.1, -0.05) is 0 Å². The Morgan fingerprint density at radius 1 is 1.50 bits per heavy atom. The molecule has 0 aliphatic heterocycles. The smallest absolute Gasteiger partial charge is 0.0689 e. The molecule has 0 atom stereocenters. The van der Waals surface area contributed by atoms with Crippen molar-refractivity contribution in [2.24, 2.45) is 0 Å². The van der Waals surface area contributed by atoms with Gasteiger partial charge in [0.25, 0.3) is 0 Å². The molecule has 6 nitrogen and oxygen atoms in total. The zero-order chi connectivity index (χ0) is 5.58. The summed E-state index contributed by atoms with van der Waals surface area (Å²) < 4.78 is 7.25. The molecule has 0 aromatic heterocycles. The van der Waals surface area contributed by atoms with Crippen LogP contribution in [0, 0.1) is 20.8 Å². The molecule has 0 aromatic carbocycles. The largest absolute Gasteiger partial charge is 0.356 e. The van der Waals surface area contributed by atoms with Crippen LogP contribution in [-0.4, -0.2) is 5.09 Å². The van der Waals surface area contributed by atoms with Gasteiger partial charge in [-0.15, -0.1) is 0 Å². The normalized spacial score (nSPS) is 4.33. The Balaban J connectivity index is 0. The third kappa shape index (κ3) is 7.86. The Kier molecular flexibility index (Phi) is 13.5. The van der Waals surface area contributed by atoms with Gasteiger partial charge in [0.05, 0.1) is 5.09 Å². The molecule has 0 radical (unpaired) electrons. The van der Waals surface area contributed by atoms with Crippen LogP contribution in [0.5, 0.6) is 0 Å². The summed E-state index contributed by atoms with van der Waals surface area (Å²) in [5.41, 5.74) is 5.75. The molecule has 0 saturated carbocycles. The monoisotopic (exact) mass is 92.0 g/mol. The van der Waals surface area contributed by atoms with E-state index in [1.165, 1.54) is 0 Å².